The first-order valence-electron chi connectivity index (χ1n) is 8.35. The van der Waals surface area contributed by atoms with Crippen LogP contribution in [0.4, 0.5) is 0 Å². The molecule has 1 aromatic heterocycles. The Hall–Kier alpha value is -2.14. The predicted octanol–water partition coefficient (Wildman–Crippen LogP) is 2.99. The summed E-state index contributed by atoms with van der Waals surface area (Å²) in [6.07, 6.45) is 2.91. The van der Waals surface area contributed by atoms with E-state index >= 15 is 0 Å². The van der Waals surface area contributed by atoms with E-state index in [2.05, 4.69) is 11.4 Å². The number of hydrogen-bond donors (Lipinski definition) is 1. The lowest BCUT2D eigenvalue weighted by Crippen LogP contribution is -2.35. The van der Waals surface area contributed by atoms with Gasteiger partial charge < -0.3 is 10.2 Å². The molecule has 0 radical (unpaired) electrons. The molecule has 0 unspecified atom stereocenters. The third-order valence-corrected chi connectivity index (χ3v) is 4.94. The second kappa shape index (κ2) is 8.11. The summed E-state index contributed by atoms with van der Waals surface area (Å²) in [6.45, 7) is 1.09. The van der Waals surface area contributed by atoms with Gasteiger partial charge >= 0.3 is 0 Å². The van der Waals surface area contributed by atoms with Gasteiger partial charge in [0.25, 0.3) is 0 Å². The molecule has 1 aliphatic rings. The molecule has 1 aliphatic carbocycles. The highest BCUT2D eigenvalue weighted by Gasteiger charge is 2.32. The molecule has 24 heavy (non-hydrogen) atoms. The van der Waals surface area contributed by atoms with Crippen molar-refractivity contribution in [3.63, 3.8) is 0 Å². The Morgan fingerprint density at radius 1 is 1.12 bits per heavy atom. The molecule has 2 aromatic rings. The molecule has 1 N–H and O–H groups in total. The zero-order valence-corrected chi connectivity index (χ0v) is 14.4. The van der Waals surface area contributed by atoms with Gasteiger partial charge in [-0.2, -0.15) is 0 Å². The van der Waals surface area contributed by atoms with Crippen molar-refractivity contribution < 1.29 is 9.59 Å². The third-order valence-electron chi connectivity index (χ3n) is 4.08. The van der Waals surface area contributed by atoms with Crippen molar-refractivity contribution in [2.75, 3.05) is 6.54 Å². The maximum absolute atomic E-state index is 12.5. The minimum Gasteiger partial charge on any atom is -0.355 e. The van der Waals surface area contributed by atoms with Crippen LogP contribution < -0.4 is 5.32 Å². The molecule has 4 nitrogen and oxygen atoms in total. The first-order valence-corrected chi connectivity index (χ1v) is 9.23. The van der Waals surface area contributed by atoms with Crippen molar-refractivity contribution in [1.29, 1.82) is 0 Å². The molecule has 0 aliphatic heterocycles. The second-order valence-electron chi connectivity index (χ2n) is 6.09. The monoisotopic (exact) mass is 342 g/mol. The maximum atomic E-state index is 12.5. The SMILES string of the molecule is O=C(Cc1ccccc1)NCCC(=O)N(Cc1cccs1)C1CC1. The van der Waals surface area contributed by atoms with Crippen molar-refractivity contribution in [1.82, 2.24) is 10.2 Å². The minimum absolute atomic E-state index is 0.0368. The number of carbonyl (C=O) groups is 2. The molecular weight excluding hydrogens is 320 g/mol. The zero-order valence-electron chi connectivity index (χ0n) is 13.6. The van der Waals surface area contributed by atoms with E-state index in [1.807, 2.05) is 46.7 Å². The smallest absolute Gasteiger partial charge is 0.224 e. The van der Waals surface area contributed by atoms with E-state index in [0.29, 0.717) is 32.0 Å². The topological polar surface area (TPSA) is 49.4 Å². The van der Waals surface area contributed by atoms with E-state index in [1.54, 1.807) is 11.3 Å². The number of nitrogens with one attached hydrogen (secondary N) is 1. The molecule has 5 heteroatoms. The molecular formula is C19H22N2O2S. The summed E-state index contributed by atoms with van der Waals surface area (Å²) in [5, 5.41) is 4.89. The molecule has 3 rings (SSSR count). The summed E-state index contributed by atoms with van der Waals surface area (Å²) in [4.78, 5) is 27.6. The van der Waals surface area contributed by atoms with E-state index in [4.69, 9.17) is 0 Å². The van der Waals surface area contributed by atoms with Crippen LogP contribution >= 0.6 is 11.3 Å². The molecule has 1 aromatic carbocycles. The molecule has 1 saturated carbocycles. The Labute approximate surface area is 146 Å². The lowest BCUT2D eigenvalue weighted by atomic mass is 10.1. The number of carbonyl (C=O) groups excluding carboxylic acids is 2. The highest BCUT2D eigenvalue weighted by atomic mass is 32.1. The average molecular weight is 342 g/mol. The summed E-state index contributed by atoms with van der Waals surface area (Å²) in [5.41, 5.74) is 0.985. The standard InChI is InChI=1S/C19H22N2O2S/c22-18(13-15-5-2-1-3-6-15)20-11-10-19(23)21(16-8-9-16)14-17-7-4-12-24-17/h1-7,12,16H,8-11,13-14H2,(H,20,22). The van der Waals surface area contributed by atoms with Crippen molar-refractivity contribution in [2.24, 2.45) is 0 Å². The Morgan fingerprint density at radius 3 is 2.58 bits per heavy atom. The Kier molecular flexibility index (Phi) is 5.64. The Bertz CT molecular complexity index is 666. The number of hydrogen-bond acceptors (Lipinski definition) is 3. The Balaban J connectivity index is 1.43. The van der Waals surface area contributed by atoms with Crippen molar-refractivity contribution in [2.45, 2.75) is 38.3 Å². The molecule has 2 amide bonds. The lowest BCUT2D eigenvalue weighted by molar-refractivity contribution is -0.132. The van der Waals surface area contributed by atoms with Gasteiger partial charge in [-0.05, 0) is 29.9 Å². The van der Waals surface area contributed by atoms with Crippen molar-refractivity contribution in [3.05, 3.63) is 58.3 Å². The van der Waals surface area contributed by atoms with E-state index < -0.39 is 0 Å². The van der Waals surface area contributed by atoms with Gasteiger partial charge in [-0.15, -0.1) is 11.3 Å². The van der Waals surface area contributed by atoms with E-state index in [1.165, 1.54) is 4.88 Å². The molecule has 1 heterocycles. The van der Waals surface area contributed by atoms with Gasteiger partial charge in [-0.25, -0.2) is 0 Å². The fourth-order valence-electron chi connectivity index (χ4n) is 2.67. The number of thiophene rings is 1. The molecule has 1 fully saturated rings. The van der Waals surface area contributed by atoms with Crippen LogP contribution in [0.1, 0.15) is 29.7 Å². The fourth-order valence-corrected chi connectivity index (χ4v) is 3.38. The summed E-state index contributed by atoms with van der Waals surface area (Å²) < 4.78 is 0. The van der Waals surface area contributed by atoms with Crippen LogP contribution in [-0.2, 0) is 22.6 Å². The first kappa shape index (κ1) is 16.7. The molecule has 126 valence electrons. The molecule has 0 atom stereocenters. The van der Waals surface area contributed by atoms with Crippen LogP contribution in [0.25, 0.3) is 0 Å². The summed E-state index contributed by atoms with van der Waals surface area (Å²) >= 11 is 1.68. The summed E-state index contributed by atoms with van der Waals surface area (Å²) in [7, 11) is 0. The van der Waals surface area contributed by atoms with Gasteiger partial charge in [0.2, 0.25) is 11.8 Å². The number of nitrogens with zero attached hydrogens (tertiary/aromatic N) is 1. The summed E-state index contributed by atoms with van der Waals surface area (Å²) in [6, 6.07) is 14.1. The minimum atomic E-state index is -0.0368. The third kappa shape index (κ3) is 4.93. The largest absolute Gasteiger partial charge is 0.355 e. The summed E-state index contributed by atoms with van der Waals surface area (Å²) in [5.74, 6) is 0.0936. The van der Waals surface area contributed by atoms with E-state index in [0.717, 1.165) is 18.4 Å². The average Bonchev–Trinajstić information content (AvgIpc) is 3.29. The van der Waals surface area contributed by atoms with Gasteiger partial charge in [-0.3, -0.25) is 9.59 Å². The number of rotatable bonds is 8. The fraction of sp³-hybridized carbons (Fsp3) is 0.368. The molecule has 0 spiro atoms. The predicted molar refractivity (Wildman–Crippen MR) is 95.7 cm³/mol. The number of amides is 2. The van der Waals surface area contributed by atoms with Crippen LogP contribution in [0.3, 0.4) is 0 Å². The van der Waals surface area contributed by atoms with Crippen LogP contribution in [0.2, 0.25) is 0 Å². The van der Waals surface area contributed by atoms with Crippen LogP contribution in [0, 0.1) is 0 Å². The van der Waals surface area contributed by atoms with Gasteiger partial charge in [0.05, 0.1) is 13.0 Å². The second-order valence-corrected chi connectivity index (χ2v) is 7.13. The first-order chi connectivity index (χ1) is 11.7. The molecule has 0 bridgehead atoms. The van der Waals surface area contributed by atoms with Gasteiger partial charge in [0, 0.05) is 23.9 Å². The quantitative estimate of drug-likeness (QED) is 0.802. The maximum Gasteiger partial charge on any atom is 0.224 e. The van der Waals surface area contributed by atoms with E-state index in [9.17, 15) is 9.59 Å². The highest BCUT2D eigenvalue weighted by molar-refractivity contribution is 7.09. The van der Waals surface area contributed by atoms with Gasteiger partial charge in [-0.1, -0.05) is 36.4 Å². The number of benzene rings is 1. The highest BCUT2D eigenvalue weighted by Crippen LogP contribution is 2.29. The van der Waals surface area contributed by atoms with Gasteiger partial charge in [0.1, 0.15) is 0 Å². The van der Waals surface area contributed by atoms with Gasteiger partial charge in [0.15, 0.2) is 0 Å². The van der Waals surface area contributed by atoms with Crippen LogP contribution in [0.5, 0.6) is 0 Å². The van der Waals surface area contributed by atoms with Crippen LogP contribution in [-0.4, -0.2) is 29.3 Å². The van der Waals surface area contributed by atoms with Crippen molar-refractivity contribution >= 4 is 23.2 Å². The zero-order chi connectivity index (χ0) is 16.8. The van der Waals surface area contributed by atoms with E-state index in [-0.39, 0.29) is 11.8 Å². The van der Waals surface area contributed by atoms with Crippen LogP contribution in [0.15, 0.2) is 47.8 Å². The van der Waals surface area contributed by atoms with Crippen molar-refractivity contribution in [3.8, 4) is 0 Å². The molecule has 0 saturated heterocycles. The lowest BCUT2D eigenvalue weighted by Gasteiger charge is -2.22. The normalized spacial score (nSPS) is 13.5. The Morgan fingerprint density at radius 2 is 1.92 bits per heavy atom.